The van der Waals surface area contributed by atoms with Crippen LogP contribution in [-0.2, 0) is 20.8 Å². The molecule has 0 spiro atoms. The molecule has 2 unspecified atom stereocenters. The monoisotopic (exact) mass is 657 g/mol. The van der Waals surface area contributed by atoms with Gasteiger partial charge in [-0.15, -0.1) is 0 Å². The molecule has 254 valence electrons. The number of nitrogens with zero attached hydrogens (tertiary/aromatic N) is 3. The summed E-state index contributed by atoms with van der Waals surface area (Å²) < 4.78 is 33.9. The van der Waals surface area contributed by atoms with Crippen LogP contribution in [0.1, 0.15) is 90.3 Å². The number of amides is 2. The zero-order valence-corrected chi connectivity index (χ0v) is 28.3. The number of allylic oxidation sites excluding steroid dienone is 1. The van der Waals surface area contributed by atoms with Gasteiger partial charge in [-0.2, -0.15) is 8.78 Å². The van der Waals surface area contributed by atoms with E-state index < -0.39 is 17.6 Å². The third-order valence-corrected chi connectivity index (χ3v) is 8.96. The molecule has 2 heterocycles. The predicted molar refractivity (Wildman–Crippen MR) is 170 cm³/mol. The second-order valence-electron chi connectivity index (χ2n) is 12.8. The van der Waals surface area contributed by atoms with Gasteiger partial charge >= 0.3 is 0 Å². The summed E-state index contributed by atoms with van der Waals surface area (Å²) in [5.41, 5.74) is 6.97. The molecule has 2 amide bonds. The Balaban J connectivity index is 0.000000541. The molecule has 45 heavy (non-hydrogen) atoms. The van der Waals surface area contributed by atoms with Gasteiger partial charge in [0, 0.05) is 64.0 Å². The largest absolute Gasteiger partial charge is 0.487 e. The van der Waals surface area contributed by atoms with Gasteiger partial charge in [-0.05, 0) is 55.7 Å². The molecule has 1 aliphatic carbocycles. The van der Waals surface area contributed by atoms with E-state index in [2.05, 4.69) is 13.8 Å². The number of fused-ring (bicyclic) bond motifs is 1. The standard InChI is InChI=1S/C25H37ClF2N4O2.C5H9NO.C2H4O2/c1-15-21-16(11-13-32(15)23(33)17-8-6-7-12-24(17,2)3)18(26)9-10-20(21)34-14-19(29)22(31(5)30)25(4,27)28;1-6-4-2-3-5(6)7;1-2(3)4/h9-10,15,17H,6-8,11-14,29-30H2,1-5H3;2-4H2,1H3;1H3,(H,3,4)/b22-19-;;. The summed E-state index contributed by atoms with van der Waals surface area (Å²) in [5, 5.41) is 8.83. The first-order chi connectivity index (χ1) is 20.8. The zero-order valence-electron chi connectivity index (χ0n) is 27.6. The third-order valence-electron chi connectivity index (χ3n) is 8.60. The Bertz CT molecular complexity index is 1250. The highest BCUT2D eigenvalue weighted by atomic mass is 35.5. The minimum atomic E-state index is -3.22. The van der Waals surface area contributed by atoms with E-state index in [9.17, 15) is 18.4 Å². The van der Waals surface area contributed by atoms with Crippen molar-refractivity contribution in [1.29, 1.82) is 0 Å². The lowest BCUT2D eigenvalue weighted by molar-refractivity contribution is -0.144. The van der Waals surface area contributed by atoms with E-state index in [1.807, 2.05) is 18.9 Å². The van der Waals surface area contributed by atoms with E-state index in [4.69, 9.17) is 37.8 Å². The highest BCUT2D eigenvalue weighted by molar-refractivity contribution is 6.31. The molecule has 3 aliphatic rings. The number of nitrogens with two attached hydrogens (primary N) is 2. The number of hydrogen-bond donors (Lipinski definition) is 3. The van der Waals surface area contributed by atoms with Crippen molar-refractivity contribution in [2.45, 2.75) is 91.5 Å². The molecular formula is C32H50ClF2N5O5. The van der Waals surface area contributed by atoms with Gasteiger partial charge in [0.15, 0.2) is 0 Å². The Kier molecular flexibility index (Phi) is 13.5. The van der Waals surface area contributed by atoms with Gasteiger partial charge < -0.3 is 30.4 Å². The van der Waals surface area contributed by atoms with Crippen LogP contribution in [0.15, 0.2) is 23.5 Å². The number of aliphatic carboxylic acids is 1. The van der Waals surface area contributed by atoms with Crippen LogP contribution in [0.25, 0.3) is 0 Å². The Labute approximate surface area is 270 Å². The molecule has 1 saturated heterocycles. The van der Waals surface area contributed by atoms with E-state index in [-0.39, 0.29) is 35.6 Å². The molecule has 0 aromatic heterocycles. The summed E-state index contributed by atoms with van der Waals surface area (Å²) in [6.45, 7) is 9.40. The number of halogens is 3. The Morgan fingerprint density at radius 2 is 1.82 bits per heavy atom. The number of rotatable bonds is 6. The van der Waals surface area contributed by atoms with E-state index in [1.54, 1.807) is 17.0 Å². The number of carboxylic acid groups (broad SMARTS) is 1. The molecule has 1 aromatic carbocycles. The lowest BCUT2D eigenvalue weighted by atomic mass is 9.68. The maximum atomic E-state index is 14.0. The lowest BCUT2D eigenvalue weighted by Crippen LogP contribution is -2.47. The fourth-order valence-corrected chi connectivity index (χ4v) is 6.57. The van der Waals surface area contributed by atoms with E-state index in [0.29, 0.717) is 29.6 Å². The van der Waals surface area contributed by atoms with Gasteiger partial charge in [-0.3, -0.25) is 14.4 Å². The summed E-state index contributed by atoms with van der Waals surface area (Å²) in [5.74, 6) is 2.44. The fraction of sp³-hybridized carbons (Fsp3) is 0.656. The first-order valence-corrected chi connectivity index (χ1v) is 15.7. The summed E-state index contributed by atoms with van der Waals surface area (Å²) in [6.07, 6.45) is 6.55. The molecule has 2 aliphatic heterocycles. The summed E-state index contributed by atoms with van der Waals surface area (Å²) in [6, 6.07) is 3.17. The fourth-order valence-electron chi connectivity index (χ4n) is 6.31. The number of hydrogen-bond acceptors (Lipinski definition) is 7. The minimum absolute atomic E-state index is 0.0261. The van der Waals surface area contributed by atoms with E-state index in [0.717, 1.165) is 75.1 Å². The van der Waals surface area contributed by atoms with Crippen LogP contribution in [-0.4, -0.2) is 77.4 Å². The number of benzene rings is 1. The SMILES string of the molecule is CC(=O)O.CC1c2c(OC/C(N)=C(/N(C)N)C(C)(F)F)ccc(Cl)c2CCN1C(=O)C1CCCCC1(C)C.CN1CCCC1=O. The average molecular weight is 658 g/mol. The molecule has 13 heteroatoms. The maximum absolute atomic E-state index is 14.0. The lowest BCUT2D eigenvalue weighted by Gasteiger charge is -2.44. The third kappa shape index (κ3) is 10.2. The minimum Gasteiger partial charge on any atom is -0.487 e. The van der Waals surface area contributed by atoms with Crippen molar-refractivity contribution in [2.75, 3.05) is 33.8 Å². The molecule has 1 saturated carbocycles. The number of carboxylic acids is 1. The molecule has 0 bridgehead atoms. The van der Waals surface area contributed by atoms with Crippen molar-refractivity contribution in [1.82, 2.24) is 14.8 Å². The van der Waals surface area contributed by atoms with Gasteiger partial charge in [0.1, 0.15) is 18.1 Å². The highest BCUT2D eigenvalue weighted by Crippen LogP contribution is 2.45. The van der Waals surface area contributed by atoms with Crippen LogP contribution < -0.4 is 16.3 Å². The Morgan fingerprint density at radius 3 is 2.29 bits per heavy atom. The van der Waals surface area contributed by atoms with Crippen molar-refractivity contribution >= 4 is 29.4 Å². The van der Waals surface area contributed by atoms with Gasteiger partial charge in [0.2, 0.25) is 11.8 Å². The summed E-state index contributed by atoms with van der Waals surface area (Å²) >= 11 is 6.50. The molecule has 0 radical (unpaired) electrons. The van der Waals surface area contributed by atoms with E-state index >= 15 is 0 Å². The second-order valence-corrected chi connectivity index (χ2v) is 13.2. The smallest absolute Gasteiger partial charge is 0.300 e. The van der Waals surface area contributed by atoms with Crippen LogP contribution in [0.2, 0.25) is 5.02 Å². The van der Waals surface area contributed by atoms with Gasteiger partial charge in [0.05, 0.1) is 11.7 Å². The number of ether oxygens (including phenoxy) is 1. The first-order valence-electron chi connectivity index (χ1n) is 15.3. The predicted octanol–water partition coefficient (Wildman–Crippen LogP) is 5.34. The Hall–Kier alpha value is -3.12. The van der Waals surface area contributed by atoms with Gasteiger partial charge in [-0.25, -0.2) is 5.84 Å². The highest BCUT2D eigenvalue weighted by Gasteiger charge is 2.42. The maximum Gasteiger partial charge on any atom is 0.300 e. The normalized spacial score (nSPS) is 21.4. The second kappa shape index (κ2) is 15.9. The Morgan fingerprint density at radius 1 is 1.20 bits per heavy atom. The molecule has 2 atom stereocenters. The van der Waals surface area contributed by atoms with Crippen LogP contribution in [0.5, 0.6) is 5.75 Å². The molecule has 5 N–H and O–H groups in total. The molecular weight excluding hydrogens is 608 g/mol. The average Bonchev–Trinajstić information content (AvgIpc) is 3.29. The van der Waals surface area contributed by atoms with Crippen LogP contribution in [0, 0.1) is 11.3 Å². The number of carbonyl (C=O) groups is 3. The van der Waals surface area contributed by atoms with E-state index in [1.165, 1.54) is 7.05 Å². The van der Waals surface area contributed by atoms with Crippen molar-refractivity contribution in [2.24, 2.45) is 22.9 Å². The van der Waals surface area contributed by atoms with Crippen molar-refractivity contribution in [3.8, 4) is 5.75 Å². The molecule has 2 fully saturated rings. The van der Waals surface area contributed by atoms with Crippen molar-refractivity contribution in [3.05, 3.63) is 39.7 Å². The number of hydrazine groups is 1. The number of carbonyl (C=O) groups excluding carboxylic acids is 2. The van der Waals surface area contributed by atoms with Crippen LogP contribution >= 0.6 is 11.6 Å². The summed E-state index contributed by atoms with van der Waals surface area (Å²) in [4.78, 5) is 36.8. The van der Waals surface area contributed by atoms with Crippen LogP contribution in [0.4, 0.5) is 8.78 Å². The van der Waals surface area contributed by atoms with Crippen molar-refractivity contribution in [3.63, 3.8) is 0 Å². The first kappa shape index (κ1) is 38.1. The molecule has 4 rings (SSSR count). The number of alkyl halides is 2. The summed E-state index contributed by atoms with van der Waals surface area (Å²) in [7, 11) is 3.15. The topological polar surface area (TPSA) is 142 Å². The quantitative estimate of drug-likeness (QED) is 0.275. The molecule has 1 aromatic rings. The van der Waals surface area contributed by atoms with Gasteiger partial charge in [0.25, 0.3) is 11.9 Å². The van der Waals surface area contributed by atoms with Crippen molar-refractivity contribution < 1.29 is 33.0 Å². The van der Waals surface area contributed by atoms with Crippen LogP contribution in [0.3, 0.4) is 0 Å². The number of likely N-dealkylation sites (tertiary alicyclic amines) is 1. The zero-order chi connectivity index (χ0) is 34.3. The van der Waals surface area contributed by atoms with Gasteiger partial charge in [-0.1, -0.05) is 38.3 Å². The molecule has 10 nitrogen and oxygen atoms in total.